The van der Waals surface area contributed by atoms with Crippen LogP contribution in [0.2, 0.25) is 0 Å². The molecule has 5 rings (SSSR count). The van der Waals surface area contributed by atoms with Crippen LogP contribution in [-0.2, 0) is 19.7 Å². The van der Waals surface area contributed by atoms with Crippen LogP contribution in [0.3, 0.4) is 0 Å². The summed E-state index contributed by atoms with van der Waals surface area (Å²) in [5, 5.41) is 0. The lowest BCUT2D eigenvalue weighted by Crippen LogP contribution is -2.48. The number of hydrogen-bond donors (Lipinski definition) is 0. The Morgan fingerprint density at radius 2 is 1.38 bits per heavy atom. The van der Waals surface area contributed by atoms with E-state index >= 15 is 0 Å². The predicted molar refractivity (Wildman–Crippen MR) is 108 cm³/mol. The van der Waals surface area contributed by atoms with Gasteiger partial charge in [0.25, 0.3) is 0 Å². The molecule has 0 aromatic heterocycles. The van der Waals surface area contributed by atoms with Gasteiger partial charge in [-0.25, -0.2) is 4.79 Å². The number of benzene rings is 3. The van der Waals surface area contributed by atoms with Gasteiger partial charge in [-0.05, 0) is 18.6 Å². The molecule has 0 N–H and O–H groups in total. The fourth-order valence-corrected chi connectivity index (χ4v) is 4.31. The standard InChI is InChI=1S/C25H18O4/c1-25(17-12-6-3-7-13-17)21-18-14-8-9-15-19(18)28-23(26)20(21)22(29-24(25)27)16-10-4-2-5-11-16/h2-15,21H,1H3/t21-,25-/m1/s1. The molecule has 0 bridgehead atoms. The van der Waals surface area contributed by atoms with Crippen molar-refractivity contribution < 1.29 is 19.1 Å². The molecule has 4 nitrogen and oxygen atoms in total. The van der Waals surface area contributed by atoms with Crippen LogP contribution in [0.25, 0.3) is 5.76 Å². The summed E-state index contributed by atoms with van der Waals surface area (Å²) in [7, 11) is 0. The van der Waals surface area contributed by atoms with Crippen molar-refractivity contribution in [3.8, 4) is 5.75 Å². The molecule has 3 aromatic rings. The van der Waals surface area contributed by atoms with Crippen LogP contribution < -0.4 is 4.74 Å². The van der Waals surface area contributed by atoms with E-state index in [2.05, 4.69) is 0 Å². The minimum Gasteiger partial charge on any atom is -0.425 e. The summed E-state index contributed by atoms with van der Waals surface area (Å²) in [5.74, 6) is -0.633. The van der Waals surface area contributed by atoms with Gasteiger partial charge < -0.3 is 9.47 Å². The number of ether oxygens (including phenoxy) is 2. The normalized spacial score (nSPS) is 23.0. The van der Waals surface area contributed by atoms with Crippen LogP contribution in [0.1, 0.15) is 29.5 Å². The van der Waals surface area contributed by atoms with E-state index in [1.165, 1.54) is 0 Å². The van der Waals surface area contributed by atoms with E-state index in [4.69, 9.17) is 9.47 Å². The maximum Gasteiger partial charge on any atom is 0.343 e. The zero-order valence-corrected chi connectivity index (χ0v) is 15.8. The Balaban J connectivity index is 1.84. The van der Waals surface area contributed by atoms with E-state index in [0.29, 0.717) is 16.9 Å². The molecule has 0 spiro atoms. The molecule has 0 unspecified atom stereocenters. The molecule has 4 heteroatoms. The van der Waals surface area contributed by atoms with Gasteiger partial charge in [-0.2, -0.15) is 0 Å². The Labute approximate surface area is 168 Å². The fourth-order valence-electron chi connectivity index (χ4n) is 4.31. The average molecular weight is 382 g/mol. The number of esters is 2. The Kier molecular flexibility index (Phi) is 3.88. The van der Waals surface area contributed by atoms with Crippen molar-refractivity contribution in [2.45, 2.75) is 18.3 Å². The number of hydrogen-bond acceptors (Lipinski definition) is 4. The van der Waals surface area contributed by atoms with Gasteiger partial charge in [0, 0.05) is 17.0 Å². The zero-order valence-electron chi connectivity index (χ0n) is 15.8. The lowest BCUT2D eigenvalue weighted by atomic mass is 9.63. The summed E-state index contributed by atoms with van der Waals surface area (Å²) in [5.41, 5.74) is 1.58. The highest BCUT2D eigenvalue weighted by Crippen LogP contribution is 2.54. The van der Waals surface area contributed by atoms with Crippen LogP contribution in [-0.4, -0.2) is 11.9 Å². The van der Waals surface area contributed by atoms with Crippen molar-refractivity contribution >= 4 is 17.7 Å². The summed E-state index contributed by atoms with van der Waals surface area (Å²) in [4.78, 5) is 26.6. The average Bonchev–Trinajstić information content (AvgIpc) is 2.77. The van der Waals surface area contributed by atoms with E-state index in [-0.39, 0.29) is 11.7 Å². The number of rotatable bonds is 2. The Morgan fingerprint density at radius 3 is 2.10 bits per heavy atom. The minimum atomic E-state index is -1.07. The number of fused-ring (bicyclic) bond motifs is 3. The molecule has 3 aromatic carbocycles. The second-order valence-corrected chi connectivity index (χ2v) is 7.43. The molecule has 2 aliphatic rings. The molecular weight excluding hydrogens is 364 g/mol. The summed E-state index contributed by atoms with van der Waals surface area (Å²) < 4.78 is 11.5. The van der Waals surface area contributed by atoms with Crippen molar-refractivity contribution in [3.05, 3.63) is 107 Å². The predicted octanol–water partition coefficient (Wildman–Crippen LogP) is 4.62. The molecule has 2 aliphatic heterocycles. The molecule has 0 saturated heterocycles. The van der Waals surface area contributed by atoms with E-state index in [0.717, 1.165) is 11.1 Å². The maximum atomic E-state index is 13.5. The van der Waals surface area contributed by atoms with Crippen LogP contribution in [0.4, 0.5) is 0 Å². The monoisotopic (exact) mass is 382 g/mol. The molecule has 142 valence electrons. The molecule has 2 atom stereocenters. The molecule has 29 heavy (non-hydrogen) atoms. The van der Waals surface area contributed by atoms with Crippen molar-refractivity contribution in [2.75, 3.05) is 0 Å². The fraction of sp³-hybridized carbons (Fsp3) is 0.120. The first-order chi connectivity index (χ1) is 14.1. The Hall–Kier alpha value is -3.66. The van der Waals surface area contributed by atoms with Gasteiger partial charge in [0.2, 0.25) is 0 Å². The third-order valence-electron chi connectivity index (χ3n) is 5.79. The van der Waals surface area contributed by atoms with Crippen molar-refractivity contribution in [1.29, 1.82) is 0 Å². The quantitative estimate of drug-likeness (QED) is 0.480. The molecule has 0 amide bonds. The number of carbonyl (C=O) groups is 2. The van der Waals surface area contributed by atoms with Gasteiger partial charge in [-0.1, -0.05) is 78.9 Å². The van der Waals surface area contributed by atoms with Gasteiger partial charge in [0.05, 0.1) is 5.57 Å². The summed E-state index contributed by atoms with van der Waals surface area (Å²) >= 11 is 0. The van der Waals surface area contributed by atoms with Gasteiger partial charge in [-0.15, -0.1) is 0 Å². The molecular formula is C25H18O4. The summed E-state index contributed by atoms with van der Waals surface area (Å²) in [6.45, 7) is 1.84. The van der Waals surface area contributed by atoms with E-state index in [1.807, 2.05) is 85.8 Å². The number of cyclic esters (lactones) is 1. The molecule has 0 saturated carbocycles. The van der Waals surface area contributed by atoms with E-state index in [1.54, 1.807) is 6.07 Å². The highest BCUT2D eigenvalue weighted by atomic mass is 16.6. The lowest BCUT2D eigenvalue weighted by molar-refractivity contribution is -0.146. The SMILES string of the molecule is C[C@]1(c2ccccc2)C(=O)OC(c2ccccc2)=C2C(=O)Oc3ccccc3[C@H]21. The third-order valence-corrected chi connectivity index (χ3v) is 5.79. The molecule has 0 radical (unpaired) electrons. The van der Waals surface area contributed by atoms with Gasteiger partial charge >= 0.3 is 11.9 Å². The van der Waals surface area contributed by atoms with Crippen LogP contribution in [0, 0.1) is 0 Å². The van der Waals surface area contributed by atoms with Crippen LogP contribution in [0.15, 0.2) is 90.5 Å². The van der Waals surface area contributed by atoms with Gasteiger partial charge in [0.15, 0.2) is 0 Å². The molecule has 2 heterocycles. The molecule has 0 fully saturated rings. The first-order valence-corrected chi connectivity index (χ1v) is 9.49. The molecule has 0 aliphatic carbocycles. The lowest BCUT2D eigenvalue weighted by Gasteiger charge is -2.43. The van der Waals surface area contributed by atoms with Crippen molar-refractivity contribution in [3.63, 3.8) is 0 Å². The van der Waals surface area contributed by atoms with E-state index < -0.39 is 17.3 Å². The smallest absolute Gasteiger partial charge is 0.343 e. The minimum absolute atomic E-state index is 0.272. The maximum absolute atomic E-state index is 13.5. The number of para-hydroxylation sites is 1. The first-order valence-electron chi connectivity index (χ1n) is 9.49. The highest BCUT2D eigenvalue weighted by molar-refractivity contribution is 6.07. The largest absolute Gasteiger partial charge is 0.425 e. The third kappa shape index (κ3) is 2.53. The first kappa shape index (κ1) is 17.4. The van der Waals surface area contributed by atoms with Crippen molar-refractivity contribution in [1.82, 2.24) is 0 Å². The van der Waals surface area contributed by atoms with Crippen molar-refractivity contribution in [2.24, 2.45) is 0 Å². The second-order valence-electron chi connectivity index (χ2n) is 7.43. The van der Waals surface area contributed by atoms with E-state index in [9.17, 15) is 9.59 Å². The van der Waals surface area contributed by atoms with Gasteiger partial charge in [0.1, 0.15) is 16.9 Å². The highest BCUT2D eigenvalue weighted by Gasteiger charge is 2.56. The Bertz CT molecular complexity index is 1150. The summed E-state index contributed by atoms with van der Waals surface area (Å²) in [6.07, 6.45) is 0. The Morgan fingerprint density at radius 1 is 0.759 bits per heavy atom. The van der Waals surface area contributed by atoms with Crippen LogP contribution in [0.5, 0.6) is 5.75 Å². The topological polar surface area (TPSA) is 52.6 Å². The zero-order chi connectivity index (χ0) is 20.0. The second kappa shape index (κ2) is 6.45. The van der Waals surface area contributed by atoms with Crippen LogP contribution >= 0.6 is 0 Å². The number of carbonyl (C=O) groups excluding carboxylic acids is 2. The summed E-state index contributed by atoms with van der Waals surface area (Å²) in [6, 6.07) is 26.1. The van der Waals surface area contributed by atoms with Gasteiger partial charge in [-0.3, -0.25) is 4.79 Å².